The third kappa shape index (κ3) is 5.03. The zero-order valence-electron chi connectivity index (χ0n) is 13.3. The minimum Gasteiger partial charge on any atom is -0.501 e. The van der Waals surface area contributed by atoms with E-state index in [9.17, 15) is 0 Å². The molecule has 0 spiro atoms. The maximum absolute atomic E-state index is 6.09. The number of hydrogen-bond acceptors (Lipinski definition) is 2. The van der Waals surface area contributed by atoms with Gasteiger partial charge in [0.2, 0.25) is 0 Å². The second-order valence-electron chi connectivity index (χ2n) is 5.37. The number of hydrogen-bond donors (Lipinski definition) is 0. The van der Waals surface area contributed by atoms with Gasteiger partial charge in [-0.15, -0.1) is 12.8 Å². The number of allylic oxidation sites excluding steroid dienone is 4. The van der Waals surface area contributed by atoms with Crippen LogP contribution in [0.2, 0.25) is 0 Å². The van der Waals surface area contributed by atoms with Crippen LogP contribution in [0.15, 0.2) is 22.7 Å². The summed E-state index contributed by atoms with van der Waals surface area (Å²) in [6.07, 6.45) is 12.3. The zero-order valence-corrected chi connectivity index (χ0v) is 13.3. The number of ether oxygens (including phenoxy) is 2. The Hall–Kier alpha value is -1.36. The molecule has 1 aliphatic heterocycles. The van der Waals surface area contributed by atoms with Gasteiger partial charge in [0.1, 0.15) is 11.4 Å². The van der Waals surface area contributed by atoms with Gasteiger partial charge in [-0.05, 0) is 51.7 Å². The first-order valence-electron chi connectivity index (χ1n) is 6.87. The summed E-state index contributed by atoms with van der Waals surface area (Å²) in [6, 6.07) is 0. The lowest BCUT2D eigenvalue weighted by molar-refractivity contribution is -0.00365. The Morgan fingerprint density at radius 1 is 1.32 bits per heavy atom. The fourth-order valence-corrected chi connectivity index (χ4v) is 2.36. The first-order valence-corrected chi connectivity index (χ1v) is 6.87. The van der Waals surface area contributed by atoms with E-state index in [1.165, 1.54) is 17.6 Å². The molecule has 1 saturated heterocycles. The largest absolute Gasteiger partial charge is 0.501 e. The van der Waals surface area contributed by atoms with Crippen molar-refractivity contribution in [2.75, 3.05) is 7.11 Å². The summed E-state index contributed by atoms with van der Waals surface area (Å²) < 4.78 is 11.5. The SMILES string of the molecule is C#C.CC/C(OC)=C(C)\C(C)=C1/CCCC(C)(C)O1. The van der Waals surface area contributed by atoms with Crippen LogP contribution >= 0.6 is 0 Å². The Bertz CT molecular complexity index is 364. The number of terminal acetylenes is 1. The van der Waals surface area contributed by atoms with E-state index in [0.717, 1.165) is 30.8 Å². The van der Waals surface area contributed by atoms with Crippen LogP contribution in [0, 0.1) is 12.8 Å². The number of methoxy groups -OCH3 is 1. The van der Waals surface area contributed by atoms with E-state index in [4.69, 9.17) is 9.47 Å². The van der Waals surface area contributed by atoms with E-state index >= 15 is 0 Å². The fourth-order valence-electron chi connectivity index (χ4n) is 2.36. The molecule has 0 aliphatic carbocycles. The molecule has 1 aliphatic rings. The van der Waals surface area contributed by atoms with Crippen molar-refractivity contribution in [2.45, 2.75) is 65.9 Å². The van der Waals surface area contributed by atoms with Gasteiger partial charge in [-0.1, -0.05) is 6.92 Å². The van der Waals surface area contributed by atoms with Crippen molar-refractivity contribution in [2.24, 2.45) is 0 Å². The molecule has 0 saturated carbocycles. The van der Waals surface area contributed by atoms with Crippen LogP contribution in [0.3, 0.4) is 0 Å². The van der Waals surface area contributed by atoms with Crippen LogP contribution in [0.1, 0.15) is 60.3 Å². The molecule has 0 aromatic rings. The van der Waals surface area contributed by atoms with Crippen molar-refractivity contribution in [1.29, 1.82) is 0 Å². The van der Waals surface area contributed by atoms with Crippen LogP contribution in [0.4, 0.5) is 0 Å². The van der Waals surface area contributed by atoms with Crippen molar-refractivity contribution in [3.8, 4) is 12.8 Å². The summed E-state index contributed by atoms with van der Waals surface area (Å²) in [5.74, 6) is 2.20. The topological polar surface area (TPSA) is 18.5 Å². The minimum absolute atomic E-state index is 0.0193. The van der Waals surface area contributed by atoms with Crippen molar-refractivity contribution < 1.29 is 9.47 Å². The van der Waals surface area contributed by atoms with Gasteiger partial charge in [-0.3, -0.25) is 0 Å². The summed E-state index contributed by atoms with van der Waals surface area (Å²) in [6.45, 7) is 10.7. The number of rotatable bonds is 3. The second-order valence-corrected chi connectivity index (χ2v) is 5.37. The van der Waals surface area contributed by atoms with Gasteiger partial charge >= 0.3 is 0 Å². The van der Waals surface area contributed by atoms with Crippen LogP contribution in [-0.4, -0.2) is 12.7 Å². The highest BCUT2D eigenvalue weighted by Gasteiger charge is 2.26. The average Bonchev–Trinajstić information content (AvgIpc) is 2.40. The Labute approximate surface area is 118 Å². The molecule has 2 heteroatoms. The van der Waals surface area contributed by atoms with Crippen molar-refractivity contribution in [1.82, 2.24) is 0 Å². The minimum atomic E-state index is -0.0193. The Morgan fingerprint density at radius 2 is 1.89 bits per heavy atom. The van der Waals surface area contributed by atoms with Gasteiger partial charge in [0.15, 0.2) is 0 Å². The molecule has 0 unspecified atom stereocenters. The Morgan fingerprint density at radius 3 is 2.32 bits per heavy atom. The molecule has 0 aromatic heterocycles. The molecule has 0 amide bonds. The van der Waals surface area contributed by atoms with Gasteiger partial charge in [-0.25, -0.2) is 0 Å². The van der Waals surface area contributed by atoms with Crippen molar-refractivity contribution in [3.05, 3.63) is 22.7 Å². The fraction of sp³-hybridized carbons (Fsp3) is 0.647. The maximum Gasteiger partial charge on any atom is 0.103 e. The van der Waals surface area contributed by atoms with Gasteiger partial charge in [-0.2, -0.15) is 0 Å². The third-order valence-electron chi connectivity index (χ3n) is 3.55. The van der Waals surface area contributed by atoms with E-state index < -0.39 is 0 Å². The molecule has 0 atom stereocenters. The summed E-state index contributed by atoms with van der Waals surface area (Å²) >= 11 is 0. The Kier molecular flexibility index (Phi) is 7.37. The molecular formula is C17H28O2. The van der Waals surface area contributed by atoms with Crippen molar-refractivity contribution in [3.63, 3.8) is 0 Å². The summed E-state index contributed by atoms with van der Waals surface area (Å²) in [5, 5.41) is 0. The Balaban J connectivity index is 0.00000154. The molecule has 2 nitrogen and oxygen atoms in total. The average molecular weight is 264 g/mol. The molecule has 0 radical (unpaired) electrons. The normalized spacial score (nSPS) is 21.3. The van der Waals surface area contributed by atoms with Crippen LogP contribution in [0.5, 0.6) is 0 Å². The molecule has 1 fully saturated rings. The summed E-state index contributed by atoms with van der Waals surface area (Å²) in [5.41, 5.74) is 2.45. The van der Waals surface area contributed by atoms with Gasteiger partial charge in [0.25, 0.3) is 0 Å². The highest BCUT2D eigenvalue weighted by molar-refractivity contribution is 5.32. The molecule has 0 bridgehead atoms. The zero-order chi connectivity index (χ0) is 15.1. The molecule has 1 heterocycles. The van der Waals surface area contributed by atoms with Gasteiger partial charge in [0.05, 0.1) is 12.9 Å². The second kappa shape index (κ2) is 7.94. The van der Waals surface area contributed by atoms with Crippen LogP contribution in [0.25, 0.3) is 0 Å². The van der Waals surface area contributed by atoms with Gasteiger partial charge in [0, 0.05) is 12.8 Å². The molecule has 1 rings (SSSR count). The molecule has 19 heavy (non-hydrogen) atoms. The van der Waals surface area contributed by atoms with Crippen LogP contribution < -0.4 is 0 Å². The lowest BCUT2D eigenvalue weighted by Gasteiger charge is -2.34. The quantitative estimate of drug-likeness (QED) is 0.537. The van der Waals surface area contributed by atoms with E-state index in [0.29, 0.717) is 0 Å². The van der Waals surface area contributed by atoms with E-state index in [1.54, 1.807) is 7.11 Å². The van der Waals surface area contributed by atoms with Gasteiger partial charge < -0.3 is 9.47 Å². The lowest BCUT2D eigenvalue weighted by atomic mass is 9.94. The highest BCUT2D eigenvalue weighted by Crippen LogP contribution is 2.34. The first-order chi connectivity index (χ1) is 8.91. The smallest absolute Gasteiger partial charge is 0.103 e. The predicted molar refractivity (Wildman–Crippen MR) is 81.6 cm³/mol. The highest BCUT2D eigenvalue weighted by atomic mass is 16.5. The van der Waals surface area contributed by atoms with E-state index in [1.807, 2.05) is 0 Å². The molecule has 108 valence electrons. The molecule has 0 N–H and O–H groups in total. The summed E-state index contributed by atoms with van der Waals surface area (Å²) in [7, 11) is 1.74. The van der Waals surface area contributed by atoms with E-state index in [-0.39, 0.29) is 5.60 Å². The summed E-state index contributed by atoms with van der Waals surface area (Å²) in [4.78, 5) is 0. The molecular weight excluding hydrogens is 236 g/mol. The maximum atomic E-state index is 6.09. The third-order valence-corrected chi connectivity index (χ3v) is 3.55. The predicted octanol–water partition coefficient (Wildman–Crippen LogP) is 4.82. The first kappa shape index (κ1) is 17.6. The van der Waals surface area contributed by atoms with E-state index in [2.05, 4.69) is 47.5 Å². The standard InChI is InChI=1S/C15H26O2.C2H2/c1-7-13(16-6)11(2)12(3)14-9-8-10-15(4,5)17-14;1-2/h7-10H2,1-6H3;1-2H/b13-11+,14-12+;. The lowest BCUT2D eigenvalue weighted by Crippen LogP contribution is -2.28. The monoisotopic (exact) mass is 264 g/mol. The molecule has 0 aromatic carbocycles. The van der Waals surface area contributed by atoms with Crippen molar-refractivity contribution >= 4 is 0 Å². The van der Waals surface area contributed by atoms with Crippen LogP contribution in [-0.2, 0) is 9.47 Å².